The molecule has 0 spiro atoms. The van der Waals surface area contributed by atoms with Gasteiger partial charge in [-0.2, -0.15) is 14.9 Å². The van der Waals surface area contributed by atoms with Crippen LogP contribution >= 0.6 is 0 Å². The predicted octanol–water partition coefficient (Wildman–Crippen LogP) is 2.43. The first-order valence-corrected chi connectivity index (χ1v) is 11.5. The van der Waals surface area contributed by atoms with Gasteiger partial charge in [-0.05, 0) is 43.9 Å². The third kappa shape index (κ3) is 3.88. The number of fused-ring (bicyclic) bond motifs is 1. The molecular formula is C23H25N11. The number of nitriles is 1. The second kappa shape index (κ2) is 8.31. The highest BCUT2D eigenvalue weighted by molar-refractivity contribution is 5.73. The highest BCUT2D eigenvalue weighted by Crippen LogP contribution is 2.32. The molecule has 0 amide bonds. The Bertz CT molecular complexity index is 1360. The van der Waals surface area contributed by atoms with Crippen LogP contribution in [0.3, 0.4) is 0 Å². The zero-order chi connectivity index (χ0) is 23.1. The molecule has 4 aromatic rings. The molecule has 172 valence electrons. The van der Waals surface area contributed by atoms with Gasteiger partial charge in [0, 0.05) is 36.9 Å². The molecule has 1 aliphatic heterocycles. The van der Waals surface area contributed by atoms with Crippen molar-refractivity contribution >= 4 is 28.7 Å². The van der Waals surface area contributed by atoms with E-state index < -0.39 is 0 Å². The summed E-state index contributed by atoms with van der Waals surface area (Å²) in [5, 5.41) is 28.7. The van der Waals surface area contributed by atoms with Gasteiger partial charge in [0.15, 0.2) is 5.65 Å². The summed E-state index contributed by atoms with van der Waals surface area (Å²) < 4.78 is 3.59. The van der Waals surface area contributed by atoms with Crippen LogP contribution in [0, 0.1) is 11.3 Å². The van der Waals surface area contributed by atoms with E-state index in [1.54, 1.807) is 23.4 Å². The molecule has 34 heavy (non-hydrogen) atoms. The van der Waals surface area contributed by atoms with Gasteiger partial charge in [0.25, 0.3) is 0 Å². The van der Waals surface area contributed by atoms with E-state index in [1.165, 1.54) is 0 Å². The molecule has 0 radical (unpaired) electrons. The van der Waals surface area contributed by atoms with Gasteiger partial charge in [-0.3, -0.25) is 4.57 Å². The number of piperidine rings is 1. The lowest BCUT2D eigenvalue weighted by atomic mass is 10.1. The molecule has 4 N–H and O–H groups in total. The Morgan fingerprint density at radius 1 is 1.09 bits per heavy atom. The van der Waals surface area contributed by atoms with Crippen molar-refractivity contribution < 1.29 is 0 Å². The first-order chi connectivity index (χ1) is 16.7. The highest BCUT2D eigenvalue weighted by atomic mass is 15.3. The Morgan fingerprint density at radius 2 is 1.94 bits per heavy atom. The molecule has 1 aliphatic carbocycles. The van der Waals surface area contributed by atoms with E-state index in [2.05, 4.69) is 54.0 Å². The first kappa shape index (κ1) is 20.4. The van der Waals surface area contributed by atoms with Crippen LogP contribution in [0.15, 0.2) is 43.1 Å². The minimum absolute atomic E-state index is 0.165. The maximum atomic E-state index is 9.49. The van der Waals surface area contributed by atoms with Gasteiger partial charge >= 0.3 is 0 Å². The van der Waals surface area contributed by atoms with Crippen molar-refractivity contribution in [1.29, 1.82) is 5.26 Å². The molecule has 11 heteroatoms. The smallest absolute Gasteiger partial charge is 0.177 e. The number of nitrogens with two attached hydrogens (primary N) is 1. The minimum atomic E-state index is 0.165. The highest BCUT2D eigenvalue weighted by Gasteiger charge is 2.24. The molecule has 0 unspecified atom stereocenters. The third-order valence-electron chi connectivity index (χ3n) is 6.26. The number of aromatic nitrogens is 6. The van der Waals surface area contributed by atoms with Gasteiger partial charge in [-0.1, -0.05) is 0 Å². The van der Waals surface area contributed by atoms with Crippen LogP contribution in [0.1, 0.15) is 31.2 Å². The number of hydrogen-bond donors (Lipinski definition) is 3. The lowest BCUT2D eigenvalue weighted by Gasteiger charge is -2.34. The first-order valence-electron chi connectivity index (χ1n) is 11.5. The maximum Gasteiger partial charge on any atom is 0.177 e. The number of hydrogen-bond acceptors (Lipinski definition) is 9. The number of nitrogens with one attached hydrogen (secondary N) is 2. The predicted molar refractivity (Wildman–Crippen MR) is 128 cm³/mol. The van der Waals surface area contributed by atoms with Gasteiger partial charge in [-0.15, -0.1) is 10.2 Å². The van der Waals surface area contributed by atoms with Crippen LogP contribution in [0.5, 0.6) is 0 Å². The van der Waals surface area contributed by atoms with E-state index in [1.807, 2.05) is 16.7 Å². The molecule has 4 heterocycles. The van der Waals surface area contributed by atoms with Gasteiger partial charge in [0.2, 0.25) is 0 Å². The Kier molecular flexibility index (Phi) is 5.00. The Labute approximate surface area is 196 Å². The van der Waals surface area contributed by atoms with Gasteiger partial charge in [0.1, 0.15) is 35.9 Å². The van der Waals surface area contributed by atoms with E-state index in [-0.39, 0.29) is 6.04 Å². The van der Waals surface area contributed by atoms with E-state index in [0.717, 1.165) is 61.7 Å². The summed E-state index contributed by atoms with van der Waals surface area (Å²) in [5.41, 5.74) is 10.1. The lowest BCUT2D eigenvalue weighted by molar-refractivity contribution is 0.506. The second-order valence-corrected chi connectivity index (χ2v) is 8.90. The van der Waals surface area contributed by atoms with Crippen molar-refractivity contribution in [2.45, 2.75) is 37.8 Å². The van der Waals surface area contributed by atoms with E-state index in [0.29, 0.717) is 23.1 Å². The summed E-state index contributed by atoms with van der Waals surface area (Å²) in [6, 6.07) is 10.9. The molecule has 2 fully saturated rings. The molecule has 11 nitrogen and oxygen atoms in total. The average Bonchev–Trinajstić information content (AvgIpc) is 3.32. The Hall–Kier alpha value is -4.17. The van der Waals surface area contributed by atoms with Crippen LogP contribution in [-0.2, 0) is 0 Å². The Morgan fingerprint density at radius 3 is 2.71 bits per heavy atom. The fraction of sp³-hybridized carbons (Fsp3) is 0.348. The fourth-order valence-corrected chi connectivity index (χ4v) is 4.42. The van der Waals surface area contributed by atoms with E-state index >= 15 is 0 Å². The normalized spacial score (nSPS) is 18.1. The molecule has 6 rings (SSSR count). The van der Waals surface area contributed by atoms with Crippen LogP contribution in [0.2, 0.25) is 0 Å². The van der Waals surface area contributed by atoms with E-state index in [9.17, 15) is 5.26 Å². The topological polar surface area (TPSA) is 138 Å². The lowest BCUT2D eigenvalue weighted by Crippen LogP contribution is -2.43. The number of benzene rings is 1. The summed E-state index contributed by atoms with van der Waals surface area (Å²) in [6.07, 6.45) is 9.30. The van der Waals surface area contributed by atoms with Gasteiger partial charge in [-0.25, -0.2) is 4.98 Å². The standard InChI is InChI=1S/C23H25N11/c24-10-15-11-28-34-22(30-17-3-4-17)9-21(31-23(15)34)29-18-5-6-19(32-7-1-2-16(25)12-32)20(8-18)33-13-26-27-14-33/h5-6,8-9,11,13-14,16-17,30H,1-4,7,12,25H2,(H,29,31)/t16-/m0/s1. The van der Waals surface area contributed by atoms with E-state index in [4.69, 9.17) is 5.73 Å². The summed E-state index contributed by atoms with van der Waals surface area (Å²) in [7, 11) is 0. The third-order valence-corrected chi connectivity index (χ3v) is 6.26. The zero-order valence-electron chi connectivity index (χ0n) is 18.6. The molecule has 2 aliphatic rings. The van der Waals surface area contributed by atoms with Crippen molar-refractivity contribution in [3.8, 4) is 11.8 Å². The molecular weight excluding hydrogens is 430 g/mol. The van der Waals surface area contributed by atoms with Crippen molar-refractivity contribution in [2.75, 3.05) is 28.6 Å². The van der Waals surface area contributed by atoms with Gasteiger partial charge < -0.3 is 21.3 Å². The summed E-state index contributed by atoms with van der Waals surface area (Å²) in [6.45, 7) is 1.77. The van der Waals surface area contributed by atoms with Crippen molar-refractivity contribution in [3.05, 3.63) is 48.7 Å². The SMILES string of the molecule is N#Cc1cnn2c(NC3CC3)cc(Nc3ccc(N4CCC[C@H](N)C4)c(-n4cnnc4)c3)nc12. The van der Waals surface area contributed by atoms with Crippen LogP contribution < -0.4 is 21.3 Å². The van der Waals surface area contributed by atoms with Crippen LogP contribution in [-0.4, -0.2) is 54.5 Å². The molecule has 1 aromatic carbocycles. The largest absolute Gasteiger partial charge is 0.368 e. The number of anilines is 4. The molecule has 0 bridgehead atoms. The zero-order valence-corrected chi connectivity index (χ0v) is 18.6. The van der Waals surface area contributed by atoms with Crippen molar-refractivity contribution in [2.24, 2.45) is 5.73 Å². The fourth-order valence-electron chi connectivity index (χ4n) is 4.42. The van der Waals surface area contributed by atoms with Crippen molar-refractivity contribution in [3.63, 3.8) is 0 Å². The summed E-state index contributed by atoms with van der Waals surface area (Å²) >= 11 is 0. The number of rotatable bonds is 6. The second-order valence-electron chi connectivity index (χ2n) is 8.90. The summed E-state index contributed by atoms with van der Waals surface area (Å²) in [5.74, 6) is 1.45. The molecule has 1 saturated heterocycles. The molecule has 3 aromatic heterocycles. The quantitative estimate of drug-likeness (QED) is 0.400. The van der Waals surface area contributed by atoms with Crippen LogP contribution in [0.4, 0.5) is 23.0 Å². The van der Waals surface area contributed by atoms with Crippen LogP contribution in [0.25, 0.3) is 11.3 Å². The molecule has 1 atom stereocenters. The average molecular weight is 456 g/mol. The Balaban J connectivity index is 1.37. The van der Waals surface area contributed by atoms with Gasteiger partial charge in [0.05, 0.1) is 17.6 Å². The monoisotopic (exact) mass is 455 g/mol. The number of nitrogens with zero attached hydrogens (tertiary/aromatic N) is 8. The van der Waals surface area contributed by atoms with Crippen molar-refractivity contribution in [1.82, 2.24) is 29.4 Å². The summed E-state index contributed by atoms with van der Waals surface area (Å²) in [4.78, 5) is 6.99. The minimum Gasteiger partial charge on any atom is -0.368 e. The maximum absolute atomic E-state index is 9.49. The molecule has 1 saturated carbocycles.